The van der Waals surface area contributed by atoms with Gasteiger partial charge in [0.2, 0.25) is 0 Å². The van der Waals surface area contributed by atoms with Crippen molar-refractivity contribution in [3.05, 3.63) is 29.3 Å². The van der Waals surface area contributed by atoms with Crippen LogP contribution in [0.1, 0.15) is 44.9 Å². The molecule has 0 bridgehead atoms. The number of hydrogen-bond donors (Lipinski definition) is 0. The van der Waals surface area contributed by atoms with E-state index in [1.54, 1.807) is 0 Å². The van der Waals surface area contributed by atoms with Gasteiger partial charge in [-0.3, -0.25) is 0 Å². The Morgan fingerprint density at radius 1 is 0.750 bits per heavy atom. The van der Waals surface area contributed by atoms with E-state index in [0.29, 0.717) is 0 Å². The van der Waals surface area contributed by atoms with E-state index in [9.17, 15) is 0 Å². The molecule has 0 heterocycles. The molecular formula is C15H22Cl4Si. The molecule has 0 saturated heterocycles. The maximum Gasteiger partial charge on any atom is 0.280 e. The van der Waals surface area contributed by atoms with Gasteiger partial charge in [0.15, 0.2) is 0 Å². The highest BCUT2D eigenvalue weighted by atomic mass is 35.7. The normalized spacial score (nSPS) is 11.8. The van der Waals surface area contributed by atoms with E-state index in [2.05, 4.69) is 0 Å². The van der Waals surface area contributed by atoms with Crippen LogP contribution in [0, 0.1) is 0 Å². The lowest BCUT2D eigenvalue weighted by atomic mass is 10.1. The summed E-state index contributed by atoms with van der Waals surface area (Å²) in [6, 6.07) is 8.56. The molecule has 0 radical (unpaired) electrons. The predicted octanol–water partition coefficient (Wildman–Crippen LogP) is 6.44. The summed E-state index contributed by atoms with van der Waals surface area (Å²) in [7, 11) is 0. The highest BCUT2D eigenvalue weighted by Crippen LogP contribution is 2.24. The highest BCUT2D eigenvalue weighted by molar-refractivity contribution is 7.50. The minimum atomic E-state index is -2.32. The quantitative estimate of drug-likeness (QED) is 0.192. The fourth-order valence-corrected chi connectivity index (χ4v) is 5.67. The molecule has 0 aliphatic carbocycles. The van der Waals surface area contributed by atoms with E-state index in [1.807, 2.05) is 24.3 Å². The van der Waals surface area contributed by atoms with E-state index in [1.165, 1.54) is 32.1 Å². The summed E-state index contributed by atoms with van der Waals surface area (Å²) in [4.78, 5) is 0. The van der Waals surface area contributed by atoms with Crippen molar-refractivity contribution in [3.63, 3.8) is 0 Å². The lowest BCUT2D eigenvalue weighted by Crippen LogP contribution is -2.35. The molecule has 0 unspecified atom stereocenters. The van der Waals surface area contributed by atoms with Crippen molar-refractivity contribution in [2.75, 3.05) is 5.88 Å². The summed E-state index contributed by atoms with van der Waals surface area (Å²) < 4.78 is 0. The Labute approximate surface area is 143 Å². The molecule has 0 aliphatic rings. The molecule has 0 saturated carbocycles. The van der Waals surface area contributed by atoms with Crippen LogP contribution < -0.4 is 5.19 Å². The van der Waals surface area contributed by atoms with Gasteiger partial charge in [0.1, 0.15) is 0 Å². The summed E-state index contributed by atoms with van der Waals surface area (Å²) in [5.41, 5.74) is 0. The Hall–Kier alpha value is 0.597. The van der Waals surface area contributed by atoms with E-state index in [0.717, 1.165) is 35.0 Å². The van der Waals surface area contributed by atoms with Crippen molar-refractivity contribution in [2.24, 2.45) is 0 Å². The Morgan fingerprint density at radius 3 is 1.80 bits per heavy atom. The first-order chi connectivity index (χ1) is 9.56. The molecule has 5 heteroatoms. The van der Waals surface area contributed by atoms with Crippen LogP contribution in [0.2, 0.25) is 11.1 Å². The van der Waals surface area contributed by atoms with Crippen molar-refractivity contribution in [1.82, 2.24) is 0 Å². The van der Waals surface area contributed by atoms with E-state index in [-0.39, 0.29) is 0 Å². The highest BCUT2D eigenvalue weighted by Gasteiger charge is 2.29. The largest absolute Gasteiger partial charge is 0.280 e. The van der Waals surface area contributed by atoms with Crippen molar-refractivity contribution in [3.8, 4) is 0 Å². The van der Waals surface area contributed by atoms with Gasteiger partial charge in [-0.05, 0) is 29.8 Å². The van der Waals surface area contributed by atoms with E-state index < -0.39 is 6.69 Å². The molecule has 1 rings (SSSR count). The molecule has 0 aliphatic heterocycles. The van der Waals surface area contributed by atoms with Crippen molar-refractivity contribution < 1.29 is 0 Å². The fraction of sp³-hybridized carbons (Fsp3) is 0.600. The van der Waals surface area contributed by atoms with Crippen LogP contribution >= 0.6 is 45.4 Å². The smallest absolute Gasteiger partial charge is 0.140 e. The first kappa shape index (κ1) is 18.6. The second kappa shape index (κ2) is 10.3. The Morgan fingerprint density at radius 2 is 1.25 bits per heavy atom. The van der Waals surface area contributed by atoms with Gasteiger partial charge in [-0.2, -0.15) is 0 Å². The Balaban J connectivity index is 2.18. The third-order valence-electron chi connectivity index (χ3n) is 3.39. The number of alkyl halides is 1. The van der Waals surface area contributed by atoms with Gasteiger partial charge in [-0.15, -0.1) is 33.8 Å². The predicted molar refractivity (Wildman–Crippen MR) is 96.4 cm³/mol. The minimum absolute atomic E-state index is 0.726. The van der Waals surface area contributed by atoms with Crippen LogP contribution in [0.15, 0.2) is 24.3 Å². The van der Waals surface area contributed by atoms with Crippen molar-refractivity contribution >= 4 is 57.2 Å². The zero-order valence-corrected chi connectivity index (χ0v) is 15.7. The summed E-state index contributed by atoms with van der Waals surface area (Å²) in [6.07, 6.45) is 8.54. The maximum atomic E-state index is 6.54. The van der Waals surface area contributed by atoms with E-state index in [4.69, 9.17) is 45.4 Å². The molecule has 0 amide bonds. The van der Waals surface area contributed by atoms with Crippen molar-refractivity contribution in [2.45, 2.75) is 51.0 Å². The number of hydrogen-bond acceptors (Lipinski definition) is 0. The van der Waals surface area contributed by atoms with Crippen LogP contribution in [0.3, 0.4) is 0 Å². The van der Waals surface area contributed by atoms with Gasteiger partial charge in [-0.25, -0.2) is 0 Å². The Kier molecular flexibility index (Phi) is 9.64. The lowest BCUT2D eigenvalue weighted by Gasteiger charge is -2.17. The van der Waals surface area contributed by atoms with Gasteiger partial charge in [0.25, 0.3) is 6.69 Å². The molecule has 0 atom stereocenters. The molecule has 1 aromatic carbocycles. The van der Waals surface area contributed by atoms with Crippen LogP contribution in [-0.2, 0) is 0 Å². The molecule has 0 N–H and O–H groups in total. The van der Waals surface area contributed by atoms with Crippen molar-refractivity contribution in [1.29, 1.82) is 0 Å². The third kappa shape index (κ3) is 7.56. The van der Waals surface area contributed by atoms with E-state index >= 15 is 0 Å². The third-order valence-corrected chi connectivity index (χ3v) is 8.51. The summed E-state index contributed by atoms with van der Waals surface area (Å²) in [5.74, 6) is 0.785. The average molecular weight is 372 g/mol. The fourth-order valence-electron chi connectivity index (χ4n) is 2.16. The first-order valence-corrected chi connectivity index (χ1v) is 12.4. The monoisotopic (exact) mass is 370 g/mol. The standard InChI is InChI=1S/C15H22Cl4Si/c16-12-6-4-2-1-3-5-7-13-20(18,19)15-10-8-14(17)9-11-15/h8-11H,1-7,12-13H2. The van der Waals surface area contributed by atoms with Crippen LogP contribution in [-0.4, -0.2) is 12.6 Å². The first-order valence-electron chi connectivity index (χ1n) is 7.26. The molecule has 0 spiro atoms. The number of rotatable bonds is 10. The average Bonchev–Trinajstić information content (AvgIpc) is 2.42. The van der Waals surface area contributed by atoms with Gasteiger partial charge in [0.05, 0.1) is 0 Å². The second-order valence-corrected chi connectivity index (χ2v) is 12.9. The molecule has 0 fully saturated rings. The summed E-state index contributed by atoms with van der Waals surface area (Å²) in [5, 5.41) is 1.79. The molecule has 114 valence electrons. The van der Waals surface area contributed by atoms with Crippen LogP contribution in [0.25, 0.3) is 0 Å². The molecule has 0 nitrogen and oxygen atoms in total. The maximum absolute atomic E-state index is 6.54. The SMILES string of the molecule is ClCCCCCCCCC[Si](Cl)(Cl)c1ccc(Cl)cc1. The zero-order chi connectivity index (χ0) is 14.8. The zero-order valence-electron chi connectivity index (χ0n) is 11.7. The number of unbranched alkanes of at least 4 members (excludes halogenated alkanes) is 6. The second-order valence-electron chi connectivity index (χ2n) is 5.13. The Bertz CT molecular complexity index is 365. The summed E-state index contributed by atoms with van der Waals surface area (Å²) in [6.45, 7) is -2.32. The summed E-state index contributed by atoms with van der Waals surface area (Å²) >= 11 is 24.6. The van der Waals surface area contributed by atoms with Gasteiger partial charge in [0, 0.05) is 10.9 Å². The molecule has 20 heavy (non-hydrogen) atoms. The van der Waals surface area contributed by atoms with Crippen LogP contribution in [0.4, 0.5) is 0 Å². The minimum Gasteiger partial charge on any atom is -0.140 e. The van der Waals surface area contributed by atoms with Gasteiger partial charge in [-0.1, -0.05) is 62.3 Å². The number of halogens is 4. The van der Waals surface area contributed by atoms with Gasteiger partial charge >= 0.3 is 0 Å². The van der Waals surface area contributed by atoms with Gasteiger partial charge < -0.3 is 0 Å². The molecule has 1 aromatic rings. The van der Waals surface area contributed by atoms with Crippen LogP contribution in [0.5, 0.6) is 0 Å². The topological polar surface area (TPSA) is 0 Å². The lowest BCUT2D eigenvalue weighted by molar-refractivity contribution is 0.602. The number of benzene rings is 1. The molecular weight excluding hydrogens is 350 g/mol. The molecule has 0 aromatic heterocycles.